The number of methoxy groups -OCH3 is 1. The number of furan rings is 1. The van der Waals surface area contributed by atoms with Crippen molar-refractivity contribution in [2.75, 3.05) is 20.2 Å². The van der Waals surface area contributed by atoms with Crippen molar-refractivity contribution < 1.29 is 36.7 Å². The molecule has 1 saturated carbocycles. The van der Waals surface area contributed by atoms with E-state index in [0.717, 1.165) is 10.7 Å². The van der Waals surface area contributed by atoms with Crippen molar-refractivity contribution in [3.63, 3.8) is 0 Å². The Bertz CT molecular complexity index is 1600. The number of nitrogens with one attached hydrogen (secondary N) is 1. The molecule has 4 heterocycles. The number of sulfonamides is 1. The zero-order chi connectivity index (χ0) is 28.8. The Morgan fingerprint density at radius 3 is 2.66 bits per heavy atom. The summed E-state index contributed by atoms with van der Waals surface area (Å²) in [5, 5.41) is 3.34. The Balaban J connectivity index is 1.21. The van der Waals surface area contributed by atoms with Crippen molar-refractivity contribution in [3.8, 4) is 11.7 Å². The van der Waals surface area contributed by atoms with Crippen molar-refractivity contribution >= 4 is 38.8 Å². The minimum absolute atomic E-state index is 0.0354. The molecule has 2 amide bonds. The van der Waals surface area contributed by atoms with Crippen LogP contribution in [0.5, 0.6) is 11.7 Å². The van der Waals surface area contributed by atoms with Crippen molar-refractivity contribution in [1.82, 2.24) is 19.5 Å². The predicted molar refractivity (Wildman–Crippen MR) is 145 cm³/mol. The van der Waals surface area contributed by atoms with Gasteiger partial charge in [-0.3, -0.25) is 9.59 Å². The van der Waals surface area contributed by atoms with Gasteiger partial charge in [0.25, 0.3) is 16.0 Å². The number of fused-ring (bicyclic) bond motifs is 2. The molecule has 2 saturated heterocycles. The van der Waals surface area contributed by atoms with Gasteiger partial charge in [-0.2, -0.15) is 4.31 Å². The highest BCUT2D eigenvalue weighted by molar-refractivity contribution is 7.89. The van der Waals surface area contributed by atoms with Gasteiger partial charge in [-0.25, -0.2) is 18.2 Å². The number of ketones is 1. The zero-order valence-electron chi connectivity index (χ0n) is 22.4. The average molecular weight is 583 g/mol. The summed E-state index contributed by atoms with van der Waals surface area (Å²) in [5.74, 6) is -0.169. The Morgan fingerprint density at radius 2 is 1.93 bits per heavy atom. The molecule has 216 valence electrons. The van der Waals surface area contributed by atoms with Crippen molar-refractivity contribution in [2.45, 2.75) is 61.2 Å². The molecule has 0 spiro atoms. The highest BCUT2D eigenvalue weighted by Gasteiger charge is 2.57. The fraction of sp³-hybridized carbons (Fsp3) is 0.429. The molecule has 41 heavy (non-hydrogen) atoms. The van der Waals surface area contributed by atoms with Crippen molar-refractivity contribution in [1.29, 1.82) is 0 Å². The average Bonchev–Trinajstić information content (AvgIpc) is 3.68. The van der Waals surface area contributed by atoms with E-state index in [4.69, 9.17) is 13.9 Å². The molecule has 1 N–H and O–H groups in total. The quantitative estimate of drug-likeness (QED) is 0.463. The molecule has 6 rings (SSSR count). The number of carbonyl (C=O) groups is 3. The molecule has 1 aliphatic carbocycles. The first kappa shape index (κ1) is 27.2. The maximum atomic E-state index is 14.1. The molecule has 0 bridgehead atoms. The summed E-state index contributed by atoms with van der Waals surface area (Å²) in [6, 6.07) is 9.67. The van der Waals surface area contributed by atoms with Crippen LogP contribution in [0, 0.1) is 0 Å². The number of hydrogen-bond donors (Lipinski definition) is 1. The number of ether oxygens (including phenoxy) is 2. The molecule has 13 heteroatoms. The Kier molecular flexibility index (Phi) is 6.94. The summed E-state index contributed by atoms with van der Waals surface area (Å²) < 4.78 is 44.0. The van der Waals surface area contributed by atoms with Crippen molar-refractivity contribution in [3.05, 3.63) is 48.7 Å². The number of pyridine rings is 1. The lowest BCUT2D eigenvalue weighted by Crippen LogP contribution is -2.62. The van der Waals surface area contributed by atoms with Crippen LogP contribution in [0.25, 0.3) is 11.0 Å². The van der Waals surface area contributed by atoms with Gasteiger partial charge in [0.1, 0.15) is 22.9 Å². The lowest BCUT2D eigenvalue weighted by Gasteiger charge is -2.40. The number of carbonyl (C=O) groups excluding carboxylic acids is 3. The van der Waals surface area contributed by atoms with E-state index in [1.54, 1.807) is 43.5 Å². The molecule has 2 aromatic heterocycles. The SMILES string of the molecule is COc1ccc2oc(OC(=O)NC3(C(=O)N4CCC5C4C(=O)CN5S(=O)(=O)c4ccccn4)CCCCC3)cc2c1. The van der Waals surface area contributed by atoms with Gasteiger partial charge in [0.2, 0.25) is 5.91 Å². The lowest BCUT2D eigenvalue weighted by molar-refractivity contribution is -0.143. The van der Waals surface area contributed by atoms with Crippen LogP contribution in [-0.2, 0) is 19.6 Å². The van der Waals surface area contributed by atoms with Gasteiger partial charge in [-0.15, -0.1) is 0 Å². The highest BCUT2D eigenvalue weighted by Crippen LogP contribution is 2.38. The fourth-order valence-electron chi connectivity index (χ4n) is 6.25. The largest absolute Gasteiger partial charge is 0.497 e. The first-order chi connectivity index (χ1) is 19.7. The molecule has 1 aromatic carbocycles. The molecule has 3 aromatic rings. The summed E-state index contributed by atoms with van der Waals surface area (Å²) in [7, 11) is -2.48. The van der Waals surface area contributed by atoms with Crippen LogP contribution in [0.4, 0.5) is 4.79 Å². The van der Waals surface area contributed by atoms with E-state index in [-0.39, 0.29) is 29.8 Å². The van der Waals surface area contributed by atoms with Crippen LogP contribution in [0.3, 0.4) is 0 Å². The van der Waals surface area contributed by atoms with Crippen LogP contribution >= 0.6 is 0 Å². The number of Topliss-reactive ketones (excluding diaryl/α,β-unsaturated/α-hetero) is 1. The molecular weight excluding hydrogens is 552 g/mol. The standard InChI is InChI=1S/C28H30N4O8S/c1-38-19-8-9-22-18(15-19)16-24(39-22)40-27(35)30-28(11-4-2-5-12-28)26(34)31-14-10-20-25(31)21(33)17-32(20)41(36,37)23-7-3-6-13-29-23/h3,6-9,13,15-16,20,25H,2,4-5,10-12,14,17H2,1H3,(H,30,35). The smallest absolute Gasteiger partial charge is 0.415 e. The van der Waals surface area contributed by atoms with Crippen LogP contribution in [0.2, 0.25) is 0 Å². The minimum Gasteiger partial charge on any atom is -0.497 e. The van der Waals surface area contributed by atoms with E-state index in [0.29, 0.717) is 48.8 Å². The predicted octanol–water partition coefficient (Wildman–Crippen LogP) is 2.87. The van der Waals surface area contributed by atoms with Gasteiger partial charge in [0, 0.05) is 24.2 Å². The molecule has 0 radical (unpaired) electrons. The van der Waals surface area contributed by atoms with E-state index in [9.17, 15) is 22.8 Å². The Labute approximate surface area is 236 Å². The van der Waals surface area contributed by atoms with Crippen LogP contribution in [-0.4, -0.2) is 78.2 Å². The molecule has 3 aliphatic rings. The third-order valence-corrected chi connectivity index (χ3v) is 9.99. The van der Waals surface area contributed by atoms with E-state index in [1.165, 1.54) is 17.2 Å². The zero-order valence-corrected chi connectivity index (χ0v) is 23.3. The summed E-state index contributed by atoms with van der Waals surface area (Å²) >= 11 is 0. The number of amides is 2. The van der Waals surface area contributed by atoms with E-state index >= 15 is 0 Å². The number of aromatic nitrogens is 1. The second-order valence-corrected chi connectivity index (χ2v) is 12.4. The van der Waals surface area contributed by atoms with Gasteiger partial charge < -0.3 is 24.1 Å². The maximum absolute atomic E-state index is 14.1. The van der Waals surface area contributed by atoms with Gasteiger partial charge in [0.05, 0.1) is 19.7 Å². The molecule has 12 nitrogen and oxygen atoms in total. The van der Waals surface area contributed by atoms with Gasteiger partial charge in [-0.05, 0) is 49.6 Å². The van der Waals surface area contributed by atoms with Crippen LogP contribution < -0.4 is 14.8 Å². The molecular formula is C28H30N4O8S. The number of hydrogen-bond acceptors (Lipinski definition) is 9. The topological polar surface area (TPSA) is 148 Å². The van der Waals surface area contributed by atoms with E-state index in [1.807, 2.05) is 0 Å². The van der Waals surface area contributed by atoms with E-state index < -0.39 is 39.6 Å². The van der Waals surface area contributed by atoms with Gasteiger partial charge in [-0.1, -0.05) is 25.3 Å². The number of nitrogens with zero attached hydrogens (tertiary/aromatic N) is 3. The van der Waals surface area contributed by atoms with Gasteiger partial charge >= 0.3 is 6.09 Å². The highest BCUT2D eigenvalue weighted by atomic mass is 32.2. The first-order valence-corrected chi connectivity index (χ1v) is 15.0. The minimum atomic E-state index is -4.03. The Morgan fingerprint density at radius 1 is 1.12 bits per heavy atom. The Hall–Kier alpha value is -3.97. The normalized spacial score (nSPS) is 22.5. The third-order valence-electron chi connectivity index (χ3n) is 8.20. The first-order valence-electron chi connectivity index (χ1n) is 13.6. The van der Waals surface area contributed by atoms with E-state index in [2.05, 4.69) is 10.3 Å². The second kappa shape index (κ2) is 10.5. The summed E-state index contributed by atoms with van der Waals surface area (Å²) in [6.07, 6.45) is 3.88. The lowest BCUT2D eigenvalue weighted by atomic mass is 9.80. The second-order valence-electron chi connectivity index (χ2n) is 10.6. The van der Waals surface area contributed by atoms with Crippen molar-refractivity contribution in [2.24, 2.45) is 0 Å². The summed E-state index contributed by atoms with van der Waals surface area (Å²) in [5.41, 5.74) is -0.780. The molecule has 2 unspecified atom stereocenters. The molecule has 2 aliphatic heterocycles. The number of likely N-dealkylation sites (tertiary alicyclic amines) is 1. The third kappa shape index (κ3) is 4.82. The monoisotopic (exact) mass is 582 g/mol. The maximum Gasteiger partial charge on any atom is 0.415 e. The fourth-order valence-corrected chi connectivity index (χ4v) is 7.81. The van der Waals surface area contributed by atoms with Gasteiger partial charge in [0.15, 0.2) is 10.8 Å². The summed E-state index contributed by atoms with van der Waals surface area (Å²) in [4.78, 5) is 45.8. The number of benzene rings is 1. The number of rotatable bonds is 6. The molecule has 3 fully saturated rings. The molecule has 2 atom stereocenters. The van der Waals surface area contributed by atoms with Crippen LogP contribution in [0.15, 0.2) is 58.1 Å². The summed E-state index contributed by atoms with van der Waals surface area (Å²) in [6.45, 7) is -0.143. The van der Waals surface area contributed by atoms with Crippen LogP contribution in [0.1, 0.15) is 38.5 Å².